The number of alkyl halides is 4. The van der Waals surface area contributed by atoms with Gasteiger partial charge in [-0.15, -0.1) is 0 Å². The summed E-state index contributed by atoms with van der Waals surface area (Å²) in [5.74, 6) is -4.01. The van der Waals surface area contributed by atoms with Crippen LogP contribution in [0.15, 0.2) is 30.3 Å². The summed E-state index contributed by atoms with van der Waals surface area (Å²) in [6.45, 7) is -0.996. The minimum atomic E-state index is -4.01. The van der Waals surface area contributed by atoms with Crippen LogP contribution in [0.1, 0.15) is 5.56 Å². The second-order valence-corrected chi connectivity index (χ2v) is 4.14. The normalized spacial score (nSPS) is 13.9. The van der Waals surface area contributed by atoms with E-state index in [-0.39, 0.29) is 12.6 Å². The molecule has 0 aliphatic rings. The molecule has 1 aromatic rings. The Morgan fingerprint density at radius 1 is 1.17 bits per heavy atom. The van der Waals surface area contributed by atoms with Crippen LogP contribution in [0, 0.1) is 0 Å². The Morgan fingerprint density at radius 2 is 1.78 bits per heavy atom. The maximum absolute atomic E-state index is 12.6. The van der Waals surface area contributed by atoms with Crippen LogP contribution in [0.25, 0.3) is 0 Å². The van der Waals surface area contributed by atoms with Crippen LogP contribution in [0.3, 0.4) is 0 Å². The van der Waals surface area contributed by atoms with E-state index in [4.69, 9.17) is 5.73 Å². The third-order valence-corrected chi connectivity index (χ3v) is 2.43. The summed E-state index contributed by atoms with van der Waals surface area (Å²) in [5, 5.41) is 2.27. The molecule has 3 N–H and O–H groups in total. The first-order valence-electron chi connectivity index (χ1n) is 5.58. The van der Waals surface area contributed by atoms with Gasteiger partial charge in [0.2, 0.25) is 0 Å². The Labute approximate surface area is 103 Å². The molecule has 0 bridgehead atoms. The second-order valence-electron chi connectivity index (χ2n) is 4.14. The molecule has 0 aromatic heterocycles. The van der Waals surface area contributed by atoms with Crippen LogP contribution in [-0.4, -0.2) is 31.5 Å². The van der Waals surface area contributed by atoms with Crippen LogP contribution in [-0.2, 0) is 6.42 Å². The number of hydrogen-bond acceptors (Lipinski definition) is 2. The Hall–Kier alpha value is -1.14. The molecule has 0 amide bonds. The van der Waals surface area contributed by atoms with Gasteiger partial charge in [-0.05, 0) is 12.0 Å². The van der Waals surface area contributed by atoms with Crippen molar-refractivity contribution >= 4 is 0 Å². The third-order valence-electron chi connectivity index (χ3n) is 2.43. The van der Waals surface area contributed by atoms with Crippen LogP contribution in [0.2, 0.25) is 0 Å². The van der Waals surface area contributed by atoms with E-state index in [0.29, 0.717) is 6.42 Å². The minimum absolute atomic E-state index is 0.0667. The van der Waals surface area contributed by atoms with Crippen molar-refractivity contribution in [3.05, 3.63) is 35.9 Å². The first-order chi connectivity index (χ1) is 8.42. The highest BCUT2D eigenvalue weighted by molar-refractivity contribution is 5.15. The third kappa shape index (κ3) is 5.01. The number of benzene rings is 1. The van der Waals surface area contributed by atoms with Gasteiger partial charge in [-0.3, -0.25) is 0 Å². The molecule has 1 atom stereocenters. The summed E-state index contributed by atoms with van der Waals surface area (Å²) in [4.78, 5) is 0. The number of halogens is 4. The van der Waals surface area contributed by atoms with Gasteiger partial charge in [0.1, 0.15) is 0 Å². The van der Waals surface area contributed by atoms with E-state index in [9.17, 15) is 17.6 Å². The van der Waals surface area contributed by atoms with E-state index in [1.807, 2.05) is 30.3 Å². The number of rotatable bonds is 7. The average molecular weight is 264 g/mol. The maximum atomic E-state index is 12.6. The van der Waals surface area contributed by atoms with Gasteiger partial charge in [-0.2, -0.15) is 8.78 Å². The molecule has 0 spiro atoms. The van der Waals surface area contributed by atoms with Gasteiger partial charge in [0.15, 0.2) is 0 Å². The van der Waals surface area contributed by atoms with Gasteiger partial charge in [0.25, 0.3) is 0 Å². The van der Waals surface area contributed by atoms with Crippen molar-refractivity contribution in [1.29, 1.82) is 0 Å². The molecule has 18 heavy (non-hydrogen) atoms. The summed E-state index contributed by atoms with van der Waals surface area (Å²) in [6, 6.07) is 8.90. The average Bonchev–Trinajstić information content (AvgIpc) is 2.29. The summed E-state index contributed by atoms with van der Waals surface area (Å²) < 4.78 is 48.9. The molecule has 1 unspecified atom stereocenters. The lowest BCUT2D eigenvalue weighted by Gasteiger charge is -2.18. The Morgan fingerprint density at radius 3 is 2.33 bits per heavy atom. The fraction of sp³-hybridized carbons (Fsp3) is 0.500. The Kier molecular flexibility index (Phi) is 5.55. The topological polar surface area (TPSA) is 38.0 Å². The zero-order valence-electron chi connectivity index (χ0n) is 9.75. The van der Waals surface area contributed by atoms with Crippen molar-refractivity contribution < 1.29 is 17.6 Å². The van der Waals surface area contributed by atoms with Crippen molar-refractivity contribution in [3.8, 4) is 0 Å². The highest BCUT2D eigenvalue weighted by Gasteiger charge is 2.40. The van der Waals surface area contributed by atoms with Crippen LogP contribution < -0.4 is 11.1 Å². The summed E-state index contributed by atoms with van der Waals surface area (Å²) in [5.41, 5.74) is 6.70. The first kappa shape index (κ1) is 14.9. The molecule has 0 saturated heterocycles. The van der Waals surface area contributed by atoms with E-state index in [0.717, 1.165) is 5.56 Å². The monoisotopic (exact) mass is 264 g/mol. The van der Waals surface area contributed by atoms with Gasteiger partial charge < -0.3 is 11.1 Å². The molecule has 1 rings (SSSR count). The second kappa shape index (κ2) is 6.70. The van der Waals surface area contributed by atoms with Gasteiger partial charge in [0, 0.05) is 12.6 Å². The summed E-state index contributed by atoms with van der Waals surface area (Å²) >= 11 is 0. The van der Waals surface area contributed by atoms with Crippen LogP contribution in [0.5, 0.6) is 0 Å². The molecule has 0 fully saturated rings. The first-order valence-corrected chi connectivity index (χ1v) is 5.58. The van der Waals surface area contributed by atoms with Crippen molar-refractivity contribution in [2.45, 2.75) is 24.8 Å². The molecule has 0 saturated carbocycles. The SMILES string of the molecule is NC(CNCC(F)(F)C(F)F)Cc1ccccc1. The minimum Gasteiger partial charge on any atom is -0.326 e. The van der Waals surface area contributed by atoms with Gasteiger partial charge in [-0.1, -0.05) is 30.3 Å². The molecule has 1 aromatic carbocycles. The van der Waals surface area contributed by atoms with Gasteiger partial charge in [-0.25, -0.2) is 8.78 Å². The molecule has 0 radical (unpaired) electrons. The highest BCUT2D eigenvalue weighted by atomic mass is 19.3. The molecule has 2 nitrogen and oxygen atoms in total. The molecule has 0 aliphatic heterocycles. The Bertz CT molecular complexity index is 343. The van der Waals surface area contributed by atoms with Gasteiger partial charge >= 0.3 is 12.3 Å². The summed E-state index contributed by atoms with van der Waals surface area (Å²) in [6.07, 6.45) is -3.15. The lowest BCUT2D eigenvalue weighted by atomic mass is 10.1. The zero-order valence-corrected chi connectivity index (χ0v) is 9.75. The summed E-state index contributed by atoms with van der Waals surface area (Å²) in [7, 11) is 0. The van der Waals surface area contributed by atoms with Crippen LogP contribution >= 0.6 is 0 Å². The van der Waals surface area contributed by atoms with Crippen molar-refractivity contribution in [2.24, 2.45) is 5.73 Å². The molecular formula is C12H16F4N2. The highest BCUT2D eigenvalue weighted by Crippen LogP contribution is 2.21. The van der Waals surface area contributed by atoms with Crippen molar-refractivity contribution in [1.82, 2.24) is 5.32 Å². The number of nitrogens with two attached hydrogens (primary N) is 1. The maximum Gasteiger partial charge on any atom is 0.319 e. The lowest BCUT2D eigenvalue weighted by Crippen LogP contribution is -2.44. The largest absolute Gasteiger partial charge is 0.326 e. The van der Waals surface area contributed by atoms with E-state index < -0.39 is 18.9 Å². The fourth-order valence-corrected chi connectivity index (χ4v) is 1.49. The molecular weight excluding hydrogens is 248 g/mol. The predicted octanol–water partition coefficient (Wildman–Crippen LogP) is 2.05. The van der Waals surface area contributed by atoms with E-state index in [2.05, 4.69) is 5.32 Å². The van der Waals surface area contributed by atoms with Crippen molar-refractivity contribution in [3.63, 3.8) is 0 Å². The fourth-order valence-electron chi connectivity index (χ4n) is 1.49. The predicted molar refractivity (Wildman–Crippen MR) is 61.9 cm³/mol. The smallest absolute Gasteiger partial charge is 0.319 e. The van der Waals surface area contributed by atoms with E-state index >= 15 is 0 Å². The molecule has 6 heteroatoms. The van der Waals surface area contributed by atoms with Crippen LogP contribution in [0.4, 0.5) is 17.6 Å². The number of nitrogens with one attached hydrogen (secondary N) is 1. The standard InChI is InChI=1S/C12H16F4N2/c13-11(14)12(15,16)8-18-7-10(17)6-9-4-2-1-3-5-9/h1-5,10-11,18H,6-8,17H2. The molecule has 0 aliphatic carbocycles. The van der Waals surface area contributed by atoms with Gasteiger partial charge in [0.05, 0.1) is 6.54 Å². The molecule has 102 valence electrons. The van der Waals surface area contributed by atoms with E-state index in [1.54, 1.807) is 0 Å². The number of hydrogen-bond donors (Lipinski definition) is 2. The van der Waals surface area contributed by atoms with Crippen molar-refractivity contribution in [2.75, 3.05) is 13.1 Å². The van der Waals surface area contributed by atoms with E-state index in [1.165, 1.54) is 0 Å². The quantitative estimate of drug-likeness (QED) is 0.740. The molecule has 0 heterocycles. The zero-order chi connectivity index (χ0) is 13.6. The lowest BCUT2D eigenvalue weighted by molar-refractivity contribution is -0.125. The Balaban J connectivity index is 2.28.